The predicted molar refractivity (Wildman–Crippen MR) is 159 cm³/mol. The van der Waals surface area contributed by atoms with Gasteiger partial charge in [0.15, 0.2) is 0 Å². The first-order valence-corrected chi connectivity index (χ1v) is 15.3. The van der Waals surface area contributed by atoms with E-state index in [2.05, 4.69) is 71.4 Å². The van der Waals surface area contributed by atoms with Crippen LogP contribution >= 0.6 is 0 Å². The van der Waals surface area contributed by atoms with Gasteiger partial charge in [0.1, 0.15) is 0 Å². The molecule has 36 heavy (non-hydrogen) atoms. The van der Waals surface area contributed by atoms with E-state index >= 15 is 0 Å². The van der Waals surface area contributed by atoms with Crippen LogP contribution in [0.4, 0.5) is 0 Å². The Hall–Kier alpha value is -1.35. The summed E-state index contributed by atoms with van der Waals surface area (Å²) in [6.07, 6.45) is 37.4. The van der Waals surface area contributed by atoms with Crippen molar-refractivity contribution in [1.29, 1.82) is 0 Å². The summed E-state index contributed by atoms with van der Waals surface area (Å²) >= 11 is 0. The quantitative estimate of drug-likeness (QED) is 0.0746. The van der Waals surface area contributed by atoms with Crippen LogP contribution in [-0.2, 0) is 4.79 Å². The van der Waals surface area contributed by atoms with Crippen molar-refractivity contribution in [2.45, 2.75) is 142 Å². The van der Waals surface area contributed by atoms with Crippen LogP contribution in [0.2, 0.25) is 0 Å². The molecule has 3 heteroatoms. The summed E-state index contributed by atoms with van der Waals surface area (Å²) in [6, 6.07) is 0. The van der Waals surface area contributed by atoms with Gasteiger partial charge in [-0.15, -0.1) is 0 Å². The van der Waals surface area contributed by atoms with Crippen LogP contribution in [0.5, 0.6) is 0 Å². The monoisotopic (exact) mass is 505 g/mol. The zero-order chi connectivity index (χ0) is 27.2. The van der Waals surface area contributed by atoms with Crippen LogP contribution in [0.15, 0.2) is 36.5 Å². The second-order valence-corrected chi connectivity index (χ2v) is 11.2. The molecule has 0 heterocycles. The fraction of sp³-hybridized carbons (Fsp3) is 0.788. The van der Waals surface area contributed by atoms with Crippen LogP contribution in [0.1, 0.15) is 142 Å². The average molecular weight is 506 g/mol. The predicted octanol–water partition coefficient (Wildman–Crippen LogP) is 8.94. The third-order valence-corrected chi connectivity index (χ3v) is 6.21. The molecule has 212 valence electrons. The van der Waals surface area contributed by atoms with E-state index in [-0.39, 0.29) is 6.42 Å². The summed E-state index contributed by atoms with van der Waals surface area (Å²) in [7, 11) is 6.86. The number of hydrogen-bond donors (Lipinski definition) is 0. The molecule has 0 aromatic rings. The van der Waals surface area contributed by atoms with E-state index in [4.69, 9.17) is 0 Å². The van der Waals surface area contributed by atoms with Crippen LogP contribution in [0.3, 0.4) is 0 Å². The molecule has 0 saturated heterocycles. The number of carboxylic acids is 1. The maximum absolute atomic E-state index is 10.2. The summed E-state index contributed by atoms with van der Waals surface area (Å²) in [5.41, 5.74) is 0. The molecule has 0 spiro atoms. The van der Waals surface area contributed by atoms with E-state index in [0.29, 0.717) is 0 Å². The van der Waals surface area contributed by atoms with Gasteiger partial charge in [0.25, 0.3) is 0 Å². The molecule has 0 aliphatic heterocycles. The number of allylic oxidation sites excluding steroid dienone is 6. The molecular formula is C33H63NO2. The number of nitrogens with zero attached hydrogens (tertiary/aromatic N) is 1. The Kier molecular flexibility index (Phi) is 30.5. The number of rotatable bonds is 24. The molecule has 0 atom stereocenters. The molecule has 0 aromatic heterocycles. The number of unbranched alkanes of at least 4 members (excludes halogenated alkanes) is 14. The van der Waals surface area contributed by atoms with Crippen molar-refractivity contribution < 1.29 is 14.4 Å². The highest BCUT2D eigenvalue weighted by Crippen LogP contribution is 2.11. The van der Waals surface area contributed by atoms with Crippen molar-refractivity contribution in [3.8, 4) is 0 Å². The van der Waals surface area contributed by atoms with Crippen molar-refractivity contribution in [1.82, 2.24) is 0 Å². The van der Waals surface area contributed by atoms with E-state index in [9.17, 15) is 9.90 Å². The minimum atomic E-state index is -0.925. The fourth-order valence-corrected chi connectivity index (χ4v) is 3.96. The molecule has 0 rings (SSSR count). The van der Waals surface area contributed by atoms with Gasteiger partial charge in [0.05, 0.1) is 27.7 Å². The lowest BCUT2D eigenvalue weighted by Crippen LogP contribution is -2.35. The number of hydrogen-bond acceptors (Lipinski definition) is 2. The van der Waals surface area contributed by atoms with E-state index in [0.717, 1.165) is 49.4 Å². The van der Waals surface area contributed by atoms with Crippen molar-refractivity contribution in [2.75, 3.05) is 27.7 Å². The van der Waals surface area contributed by atoms with E-state index < -0.39 is 5.97 Å². The standard InChI is InChI=1S/C18H30O2.C15H34N/c1-2-3-4-5-6-7-8-9-10-11-12-13-14-15-16-17-18(19)20;1-5-6-7-8-9-10-11-12-13-14-15-16(2,3)4/h3-4,6-7,9-10H,2,5,8,11-17H2,1H3,(H,19,20);5-15H2,1-4H3/q;+1/p-1/b4-3-,7-6-,10-9-;. The van der Waals surface area contributed by atoms with Gasteiger partial charge < -0.3 is 14.4 Å². The van der Waals surface area contributed by atoms with Crippen molar-refractivity contribution >= 4 is 5.97 Å². The summed E-state index contributed by atoms with van der Waals surface area (Å²) in [5, 5.41) is 10.2. The maximum atomic E-state index is 10.2. The highest BCUT2D eigenvalue weighted by molar-refractivity contribution is 5.64. The van der Waals surface area contributed by atoms with Crippen LogP contribution in [0.25, 0.3) is 0 Å². The van der Waals surface area contributed by atoms with Gasteiger partial charge in [-0.3, -0.25) is 0 Å². The van der Waals surface area contributed by atoms with E-state index in [1.54, 1.807) is 0 Å². The fourth-order valence-electron chi connectivity index (χ4n) is 3.96. The van der Waals surface area contributed by atoms with E-state index in [1.807, 2.05) is 0 Å². The molecule has 0 N–H and O–H groups in total. The summed E-state index contributed by atoms with van der Waals surface area (Å²) in [4.78, 5) is 10.2. The SMILES string of the molecule is CC/C=C\C/C=C\C/C=C\CCCCCCCC(=O)[O-].CCCCCCCCCCCC[N+](C)(C)C. The minimum Gasteiger partial charge on any atom is -0.550 e. The lowest BCUT2D eigenvalue weighted by molar-refractivity contribution is -0.870. The number of carbonyl (C=O) groups excluding carboxylic acids is 1. The molecule has 0 aromatic carbocycles. The van der Waals surface area contributed by atoms with Crippen molar-refractivity contribution in [2.24, 2.45) is 0 Å². The Balaban J connectivity index is 0. The first kappa shape index (κ1) is 36.8. The Labute approximate surface area is 226 Å². The highest BCUT2D eigenvalue weighted by Gasteiger charge is 2.04. The first-order valence-electron chi connectivity index (χ1n) is 15.3. The topological polar surface area (TPSA) is 40.1 Å². The number of aliphatic carboxylic acids is 1. The van der Waals surface area contributed by atoms with Gasteiger partial charge >= 0.3 is 0 Å². The summed E-state index contributed by atoms with van der Waals surface area (Å²) < 4.78 is 1.12. The lowest BCUT2D eigenvalue weighted by atomic mass is 10.1. The number of carboxylic acid groups (broad SMARTS) is 1. The largest absolute Gasteiger partial charge is 0.550 e. The van der Waals surface area contributed by atoms with Crippen molar-refractivity contribution in [3.63, 3.8) is 0 Å². The molecule has 3 nitrogen and oxygen atoms in total. The molecule has 0 bridgehead atoms. The van der Waals surface area contributed by atoms with Gasteiger partial charge in [0.2, 0.25) is 0 Å². The zero-order valence-electron chi connectivity index (χ0n) is 25.1. The van der Waals surface area contributed by atoms with Crippen LogP contribution in [0, 0.1) is 0 Å². The summed E-state index contributed by atoms with van der Waals surface area (Å²) in [5.74, 6) is -0.925. The lowest BCUT2D eigenvalue weighted by Gasteiger charge is -2.23. The smallest absolute Gasteiger partial charge is 0.0780 e. The molecule has 0 unspecified atom stereocenters. The third-order valence-electron chi connectivity index (χ3n) is 6.21. The molecule has 0 fully saturated rings. The normalized spacial score (nSPS) is 12.0. The van der Waals surface area contributed by atoms with Gasteiger partial charge in [-0.25, -0.2) is 0 Å². The van der Waals surface area contributed by atoms with Crippen molar-refractivity contribution in [3.05, 3.63) is 36.5 Å². The molecule has 0 aliphatic rings. The van der Waals surface area contributed by atoms with Gasteiger partial charge in [-0.05, 0) is 57.8 Å². The van der Waals surface area contributed by atoms with Crippen LogP contribution in [-0.4, -0.2) is 38.1 Å². The Morgan fingerprint density at radius 3 is 1.53 bits per heavy atom. The Bertz CT molecular complexity index is 528. The Morgan fingerprint density at radius 2 is 1.03 bits per heavy atom. The van der Waals surface area contributed by atoms with Gasteiger partial charge in [0, 0.05) is 5.97 Å². The third kappa shape index (κ3) is 39.8. The second-order valence-electron chi connectivity index (χ2n) is 11.2. The molecule has 0 saturated carbocycles. The molecular weight excluding hydrogens is 442 g/mol. The van der Waals surface area contributed by atoms with Crippen LogP contribution < -0.4 is 5.11 Å². The summed E-state index contributed by atoms with van der Waals surface area (Å²) in [6.45, 7) is 5.76. The minimum absolute atomic E-state index is 0.208. The first-order chi connectivity index (χ1) is 17.3. The van der Waals surface area contributed by atoms with E-state index in [1.165, 1.54) is 83.6 Å². The highest BCUT2D eigenvalue weighted by atomic mass is 16.4. The molecule has 0 amide bonds. The average Bonchev–Trinajstić information content (AvgIpc) is 2.82. The molecule has 0 aliphatic carbocycles. The van der Waals surface area contributed by atoms with Gasteiger partial charge in [-0.1, -0.05) is 121 Å². The zero-order valence-corrected chi connectivity index (χ0v) is 25.1. The Morgan fingerprint density at radius 1 is 0.583 bits per heavy atom. The molecule has 0 radical (unpaired) electrons. The second kappa shape index (κ2) is 29.9. The number of quaternary nitrogens is 1. The van der Waals surface area contributed by atoms with Gasteiger partial charge in [-0.2, -0.15) is 0 Å². The number of carbonyl (C=O) groups is 1. The maximum Gasteiger partial charge on any atom is 0.0780 e.